The molecule has 1 atom stereocenters. The molecule has 0 radical (unpaired) electrons. The van der Waals surface area contributed by atoms with Crippen LogP contribution in [0.1, 0.15) is 48.0 Å². The molecule has 3 heterocycles. The van der Waals surface area contributed by atoms with E-state index in [2.05, 4.69) is 20.2 Å². The number of hydrogen-bond acceptors (Lipinski definition) is 6. The molecule has 0 saturated heterocycles. The highest BCUT2D eigenvalue weighted by Crippen LogP contribution is 2.27. The molecule has 1 aromatic carbocycles. The lowest BCUT2D eigenvalue weighted by atomic mass is 10.1. The van der Waals surface area contributed by atoms with Gasteiger partial charge in [-0.1, -0.05) is 0 Å². The van der Waals surface area contributed by atoms with Crippen molar-refractivity contribution in [3.05, 3.63) is 47.4 Å². The Morgan fingerprint density at radius 3 is 2.93 bits per heavy atom. The molecule has 9 nitrogen and oxygen atoms in total. The minimum Gasteiger partial charge on any atom is -0.491 e. The number of benzene rings is 1. The minimum atomic E-state index is -0.648. The standard InChI is InChI=1S/C20H19N7O2/c1-11(2)29-13-3-4-16-14(7-13)18(26-25-16)20-23-6-5-17(24-20)27-9-12(8-21)15(10-27)19(22)28/h3-4,6-7,9-11,17H,5H2,1-2H3,(H2,22,28)(H,25,26). The summed E-state index contributed by atoms with van der Waals surface area (Å²) in [5, 5.41) is 17.4. The Kier molecular flexibility index (Phi) is 4.60. The molecule has 9 heteroatoms. The Morgan fingerprint density at radius 2 is 2.24 bits per heavy atom. The number of nitrogens with one attached hydrogen (secondary N) is 1. The van der Waals surface area contributed by atoms with E-state index in [9.17, 15) is 10.1 Å². The number of nitriles is 1. The van der Waals surface area contributed by atoms with E-state index in [1.165, 1.54) is 0 Å². The number of carbonyl (C=O) groups excluding carboxylic acids is 1. The van der Waals surface area contributed by atoms with Gasteiger partial charge in [-0.05, 0) is 32.0 Å². The highest BCUT2D eigenvalue weighted by Gasteiger charge is 2.21. The summed E-state index contributed by atoms with van der Waals surface area (Å²) in [4.78, 5) is 20.6. The van der Waals surface area contributed by atoms with Crippen LogP contribution in [0.3, 0.4) is 0 Å². The first-order chi connectivity index (χ1) is 14.0. The third-order valence-electron chi connectivity index (χ3n) is 4.50. The molecule has 0 spiro atoms. The summed E-state index contributed by atoms with van der Waals surface area (Å²) in [5.41, 5.74) is 7.21. The van der Waals surface area contributed by atoms with Crippen molar-refractivity contribution in [2.75, 3.05) is 0 Å². The molecule has 3 aromatic rings. The molecule has 1 amide bonds. The average Bonchev–Trinajstić information content (AvgIpc) is 3.32. The molecule has 0 fully saturated rings. The van der Waals surface area contributed by atoms with E-state index in [4.69, 9.17) is 10.5 Å². The van der Waals surface area contributed by atoms with Crippen molar-refractivity contribution in [2.45, 2.75) is 32.5 Å². The molecule has 3 N–H and O–H groups in total. The Balaban J connectivity index is 1.72. The second-order valence-electron chi connectivity index (χ2n) is 6.94. The van der Waals surface area contributed by atoms with Crippen LogP contribution in [0.15, 0.2) is 40.6 Å². The van der Waals surface area contributed by atoms with Gasteiger partial charge in [-0.25, -0.2) is 9.98 Å². The third kappa shape index (κ3) is 3.48. The lowest BCUT2D eigenvalue weighted by Crippen LogP contribution is -2.15. The van der Waals surface area contributed by atoms with E-state index >= 15 is 0 Å². The van der Waals surface area contributed by atoms with Crippen LogP contribution in [-0.4, -0.2) is 38.8 Å². The van der Waals surface area contributed by atoms with Gasteiger partial charge in [0.1, 0.15) is 23.7 Å². The van der Waals surface area contributed by atoms with Gasteiger partial charge in [0.15, 0.2) is 5.84 Å². The molecule has 0 aliphatic carbocycles. The number of aromatic nitrogens is 3. The van der Waals surface area contributed by atoms with E-state index in [-0.39, 0.29) is 23.4 Å². The summed E-state index contributed by atoms with van der Waals surface area (Å²) in [6.07, 6.45) is 5.08. The van der Waals surface area contributed by atoms with E-state index in [0.717, 1.165) is 16.7 Å². The summed E-state index contributed by atoms with van der Waals surface area (Å²) in [6.45, 7) is 3.93. The lowest BCUT2D eigenvalue weighted by Gasteiger charge is -2.16. The van der Waals surface area contributed by atoms with Gasteiger partial charge in [-0.2, -0.15) is 10.4 Å². The van der Waals surface area contributed by atoms with Crippen LogP contribution in [-0.2, 0) is 0 Å². The van der Waals surface area contributed by atoms with Crippen LogP contribution in [0, 0.1) is 11.3 Å². The van der Waals surface area contributed by atoms with Gasteiger partial charge in [-0.15, -0.1) is 0 Å². The lowest BCUT2D eigenvalue weighted by molar-refractivity contribution is 0.1000. The monoisotopic (exact) mass is 389 g/mol. The van der Waals surface area contributed by atoms with Gasteiger partial charge in [0.2, 0.25) is 0 Å². The van der Waals surface area contributed by atoms with E-state index in [0.29, 0.717) is 18.0 Å². The van der Waals surface area contributed by atoms with Crippen LogP contribution in [0.4, 0.5) is 0 Å². The fourth-order valence-corrected chi connectivity index (χ4v) is 3.21. The summed E-state index contributed by atoms with van der Waals surface area (Å²) < 4.78 is 7.48. The maximum atomic E-state index is 11.6. The number of primary amides is 1. The smallest absolute Gasteiger partial charge is 0.251 e. The van der Waals surface area contributed by atoms with Crippen molar-refractivity contribution >= 4 is 28.9 Å². The maximum absolute atomic E-state index is 11.6. The predicted octanol–water partition coefficient (Wildman–Crippen LogP) is 2.54. The number of H-pyrrole nitrogens is 1. The van der Waals surface area contributed by atoms with Gasteiger partial charge < -0.3 is 15.0 Å². The fourth-order valence-electron chi connectivity index (χ4n) is 3.21. The molecule has 146 valence electrons. The predicted molar refractivity (Wildman–Crippen MR) is 108 cm³/mol. The SMILES string of the molecule is CC(C)Oc1ccc2[nH]nc(C3=NC(n4cc(C#N)c(C(N)=O)c4)CC=N3)c2c1. The highest BCUT2D eigenvalue weighted by molar-refractivity contribution is 6.11. The van der Waals surface area contributed by atoms with Crippen molar-refractivity contribution in [3.63, 3.8) is 0 Å². The molecule has 1 aliphatic heterocycles. The third-order valence-corrected chi connectivity index (χ3v) is 4.50. The van der Waals surface area contributed by atoms with E-state index in [1.54, 1.807) is 23.2 Å². The number of aliphatic imine (C=N–C) groups is 2. The van der Waals surface area contributed by atoms with Crippen molar-refractivity contribution < 1.29 is 9.53 Å². The second-order valence-corrected chi connectivity index (χ2v) is 6.94. The Morgan fingerprint density at radius 1 is 1.41 bits per heavy atom. The number of aromatic amines is 1. The molecular formula is C20H19N7O2. The van der Waals surface area contributed by atoms with Gasteiger partial charge in [-0.3, -0.25) is 9.89 Å². The van der Waals surface area contributed by atoms with E-state index in [1.807, 2.05) is 38.1 Å². The van der Waals surface area contributed by atoms with Crippen molar-refractivity contribution in [1.82, 2.24) is 14.8 Å². The number of fused-ring (bicyclic) bond motifs is 1. The topological polar surface area (TPSA) is 134 Å². The first kappa shape index (κ1) is 18.4. The van der Waals surface area contributed by atoms with Crippen LogP contribution < -0.4 is 10.5 Å². The number of ether oxygens (including phenoxy) is 1. The molecule has 29 heavy (non-hydrogen) atoms. The van der Waals surface area contributed by atoms with Gasteiger partial charge in [0.05, 0.1) is 22.7 Å². The summed E-state index contributed by atoms with van der Waals surface area (Å²) >= 11 is 0. The zero-order valence-corrected chi connectivity index (χ0v) is 16.0. The number of amidine groups is 1. The zero-order chi connectivity index (χ0) is 20.5. The van der Waals surface area contributed by atoms with Crippen LogP contribution in [0.25, 0.3) is 10.9 Å². The normalized spacial score (nSPS) is 16.1. The van der Waals surface area contributed by atoms with Gasteiger partial charge in [0, 0.05) is 30.4 Å². The summed E-state index contributed by atoms with van der Waals surface area (Å²) in [5.74, 6) is 0.550. The minimum absolute atomic E-state index is 0.0553. The molecule has 0 bridgehead atoms. The summed E-state index contributed by atoms with van der Waals surface area (Å²) in [6, 6.07) is 7.68. The fraction of sp³-hybridized carbons (Fsp3) is 0.250. The number of amides is 1. The van der Waals surface area contributed by atoms with Crippen molar-refractivity contribution in [3.8, 4) is 11.8 Å². The number of rotatable bonds is 5. The largest absolute Gasteiger partial charge is 0.491 e. The zero-order valence-electron chi connectivity index (χ0n) is 16.0. The Bertz CT molecular complexity index is 1190. The van der Waals surface area contributed by atoms with Crippen molar-refractivity contribution in [1.29, 1.82) is 5.26 Å². The van der Waals surface area contributed by atoms with E-state index < -0.39 is 5.91 Å². The molecule has 0 saturated carbocycles. The molecule has 2 aromatic heterocycles. The number of nitrogens with two attached hydrogens (primary N) is 1. The quantitative estimate of drug-likeness (QED) is 0.693. The van der Waals surface area contributed by atoms with Crippen LogP contribution in [0.5, 0.6) is 5.75 Å². The van der Waals surface area contributed by atoms with Crippen LogP contribution in [0.2, 0.25) is 0 Å². The second kappa shape index (κ2) is 7.24. The molecule has 1 aliphatic rings. The first-order valence-electron chi connectivity index (χ1n) is 9.13. The van der Waals surface area contributed by atoms with Crippen LogP contribution >= 0.6 is 0 Å². The number of carbonyl (C=O) groups is 1. The van der Waals surface area contributed by atoms with Gasteiger partial charge in [0.25, 0.3) is 5.91 Å². The molecule has 1 unspecified atom stereocenters. The first-order valence-corrected chi connectivity index (χ1v) is 9.13. The number of nitrogens with zero attached hydrogens (tertiary/aromatic N) is 5. The Hall–Kier alpha value is -3.93. The number of hydrogen-bond donors (Lipinski definition) is 2. The Labute approximate surface area is 166 Å². The average molecular weight is 389 g/mol. The summed E-state index contributed by atoms with van der Waals surface area (Å²) in [7, 11) is 0. The molecule has 4 rings (SSSR count). The van der Waals surface area contributed by atoms with Gasteiger partial charge >= 0.3 is 0 Å². The highest BCUT2D eigenvalue weighted by atomic mass is 16.5. The maximum Gasteiger partial charge on any atom is 0.251 e. The molecular weight excluding hydrogens is 370 g/mol. The van der Waals surface area contributed by atoms with Crippen molar-refractivity contribution in [2.24, 2.45) is 15.7 Å².